The second-order valence-electron chi connectivity index (χ2n) is 7.65. The molecule has 0 bridgehead atoms. The fourth-order valence-electron chi connectivity index (χ4n) is 3.42. The lowest BCUT2D eigenvalue weighted by molar-refractivity contribution is -0.122. The van der Waals surface area contributed by atoms with Crippen LogP contribution in [0.5, 0.6) is 5.75 Å². The molecule has 1 aliphatic heterocycles. The van der Waals surface area contributed by atoms with E-state index < -0.39 is 32.1 Å². The van der Waals surface area contributed by atoms with E-state index in [-0.39, 0.29) is 32.9 Å². The maximum Gasteiger partial charge on any atom is 0.267 e. The van der Waals surface area contributed by atoms with Crippen molar-refractivity contribution in [3.05, 3.63) is 76.8 Å². The molecule has 0 saturated heterocycles. The third-order valence-corrected chi connectivity index (χ3v) is 7.95. The van der Waals surface area contributed by atoms with Gasteiger partial charge in [0.2, 0.25) is 10.0 Å². The van der Waals surface area contributed by atoms with Gasteiger partial charge in [0.25, 0.3) is 15.9 Å². The second kappa shape index (κ2) is 9.57. The van der Waals surface area contributed by atoms with Gasteiger partial charge in [0.05, 0.1) is 29.1 Å². The zero-order chi connectivity index (χ0) is 25.4. The van der Waals surface area contributed by atoms with Crippen molar-refractivity contribution in [2.24, 2.45) is 0 Å². The van der Waals surface area contributed by atoms with Crippen LogP contribution in [0.15, 0.2) is 71.6 Å². The van der Waals surface area contributed by atoms with E-state index in [1.807, 2.05) is 0 Å². The Bertz CT molecular complexity index is 1480. The molecule has 13 heteroatoms. The summed E-state index contributed by atoms with van der Waals surface area (Å²) in [6.07, 6.45) is -0.0634. The van der Waals surface area contributed by atoms with E-state index in [4.69, 9.17) is 27.9 Å². The lowest BCUT2D eigenvalue weighted by atomic mass is 10.2. The third kappa shape index (κ3) is 5.81. The minimum Gasteiger partial charge on any atom is -0.476 e. The van der Waals surface area contributed by atoms with Gasteiger partial charge >= 0.3 is 0 Å². The molecule has 0 radical (unpaired) electrons. The van der Waals surface area contributed by atoms with Crippen molar-refractivity contribution in [2.45, 2.75) is 11.0 Å². The largest absolute Gasteiger partial charge is 0.476 e. The number of ether oxygens (including phenoxy) is 1. The Morgan fingerprint density at radius 1 is 0.943 bits per heavy atom. The molecule has 0 spiro atoms. The van der Waals surface area contributed by atoms with Gasteiger partial charge in [-0.15, -0.1) is 0 Å². The number of carbonyl (C=O) groups is 1. The van der Waals surface area contributed by atoms with Crippen molar-refractivity contribution in [2.75, 3.05) is 27.1 Å². The lowest BCUT2D eigenvalue weighted by Gasteiger charge is -2.33. The van der Waals surface area contributed by atoms with E-state index in [0.29, 0.717) is 11.4 Å². The van der Waals surface area contributed by atoms with Crippen LogP contribution in [0.3, 0.4) is 0 Å². The summed E-state index contributed by atoms with van der Waals surface area (Å²) in [4.78, 5) is 12.8. The number of carbonyl (C=O) groups excluding carboxylic acids is 1. The SMILES string of the molecule is CS(=O)(=O)N1C[C@H](C(=O)Nc2ccc(S(=O)(=O)Nc3cc(Cl)cc(Cl)c3)cc2)Oc2ccccc21. The van der Waals surface area contributed by atoms with Crippen LogP contribution in [0, 0.1) is 0 Å². The van der Waals surface area contributed by atoms with Gasteiger partial charge in [-0.1, -0.05) is 35.3 Å². The highest BCUT2D eigenvalue weighted by atomic mass is 35.5. The molecule has 0 fully saturated rings. The predicted molar refractivity (Wildman–Crippen MR) is 135 cm³/mol. The number of hydrogen-bond acceptors (Lipinski definition) is 6. The van der Waals surface area contributed by atoms with Gasteiger partial charge in [-0.3, -0.25) is 13.8 Å². The van der Waals surface area contributed by atoms with Crippen molar-refractivity contribution in [3.8, 4) is 5.75 Å². The Labute approximate surface area is 212 Å². The van der Waals surface area contributed by atoms with Crippen LogP contribution >= 0.6 is 23.2 Å². The summed E-state index contributed by atoms with van der Waals surface area (Å²) in [7, 11) is -7.60. The van der Waals surface area contributed by atoms with Gasteiger partial charge in [0.1, 0.15) is 5.75 Å². The molecule has 0 unspecified atom stereocenters. The number of halogens is 2. The second-order valence-corrected chi connectivity index (χ2v) is 12.1. The van der Waals surface area contributed by atoms with Gasteiger partial charge in [-0.2, -0.15) is 0 Å². The molecule has 4 rings (SSSR count). The normalized spacial score (nSPS) is 15.6. The van der Waals surface area contributed by atoms with Crippen LogP contribution in [0.1, 0.15) is 0 Å². The molecule has 1 atom stereocenters. The molecule has 0 aliphatic carbocycles. The topological polar surface area (TPSA) is 122 Å². The summed E-state index contributed by atoms with van der Waals surface area (Å²) in [5.74, 6) is -0.326. The Morgan fingerprint density at radius 2 is 1.57 bits per heavy atom. The van der Waals surface area contributed by atoms with Crippen molar-refractivity contribution in [1.29, 1.82) is 0 Å². The first-order valence-electron chi connectivity index (χ1n) is 10.1. The number of fused-ring (bicyclic) bond motifs is 1. The Kier molecular flexibility index (Phi) is 6.87. The number of amides is 1. The average Bonchev–Trinajstić information content (AvgIpc) is 2.77. The van der Waals surface area contributed by atoms with Crippen molar-refractivity contribution >= 4 is 66.2 Å². The molecule has 3 aromatic carbocycles. The summed E-state index contributed by atoms with van der Waals surface area (Å²) in [6, 6.07) is 16.3. The van der Waals surface area contributed by atoms with Gasteiger partial charge in [-0.05, 0) is 54.6 Å². The number of rotatable bonds is 6. The van der Waals surface area contributed by atoms with E-state index in [1.165, 1.54) is 42.5 Å². The molecule has 1 aliphatic rings. The number of anilines is 3. The first kappa shape index (κ1) is 25.1. The van der Waals surface area contributed by atoms with Gasteiger partial charge in [-0.25, -0.2) is 16.8 Å². The molecule has 1 heterocycles. The highest BCUT2D eigenvalue weighted by Crippen LogP contribution is 2.35. The predicted octanol–water partition coefficient (Wildman–Crippen LogP) is 3.96. The first-order valence-corrected chi connectivity index (χ1v) is 14.1. The molecule has 1 amide bonds. The summed E-state index contributed by atoms with van der Waals surface area (Å²) in [5, 5.41) is 3.17. The Hall–Kier alpha value is -2.99. The van der Waals surface area contributed by atoms with Gasteiger partial charge < -0.3 is 10.1 Å². The van der Waals surface area contributed by atoms with E-state index in [1.54, 1.807) is 24.3 Å². The smallest absolute Gasteiger partial charge is 0.267 e. The van der Waals surface area contributed by atoms with Crippen LogP contribution in [0.4, 0.5) is 17.1 Å². The van der Waals surface area contributed by atoms with Crippen LogP contribution in [-0.2, 0) is 24.8 Å². The Morgan fingerprint density at radius 3 is 2.20 bits per heavy atom. The zero-order valence-electron chi connectivity index (χ0n) is 18.1. The number of nitrogens with one attached hydrogen (secondary N) is 2. The minimum atomic E-state index is -3.95. The molecule has 0 saturated carbocycles. The van der Waals surface area contributed by atoms with Crippen LogP contribution in [-0.4, -0.2) is 41.6 Å². The van der Waals surface area contributed by atoms with E-state index in [2.05, 4.69) is 10.0 Å². The highest BCUT2D eigenvalue weighted by Gasteiger charge is 2.34. The number of hydrogen-bond donors (Lipinski definition) is 2. The first-order chi connectivity index (χ1) is 16.4. The lowest BCUT2D eigenvalue weighted by Crippen LogP contribution is -2.48. The van der Waals surface area contributed by atoms with Crippen molar-refractivity contribution in [3.63, 3.8) is 0 Å². The molecular weight excluding hydrogens is 537 g/mol. The fourth-order valence-corrected chi connectivity index (χ4v) is 5.90. The highest BCUT2D eigenvalue weighted by molar-refractivity contribution is 7.92. The number of para-hydroxylation sites is 2. The van der Waals surface area contributed by atoms with E-state index >= 15 is 0 Å². The molecule has 3 aromatic rings. The monoisotopic (exact) mass is 555 g/mol. The van der Waals surface area contributed by atoms with E-state index in [9.17, 15) is 21.6 Å². The number of sulfonamides is 2. The summed E-state index contributed by atoms with van der Waals surface area (Å²) in [5.41, 5.74) is 0.847. The van der Waals surface area contributed by atoms with Crippen molar-refractivity contribution < 1.29 is 26.4 Å². The van der Waals surface area contributed by atoms with Crippen LogP contribution in [0.2, 0.25) is 10.0 Å². The van der Waals surface area contributed by atoms with Crippen LogP contribution in [0.25, 0.3) is 0 Å². The standard InChI is InChI=1S/C22H19Cl2N3O6S2/c1-34(29,30)27-13-21(33-20-5-3-2-4-19(20)27)22(28)25-16-6-8-18(9-7-16)35(31,32)26-17-11-14(23)10-15(24)12-17/h2-12,21,26H,13H2,1H3,(H,25,28)/t21-/m1/s1. The number of nitrogens with zero attached hydrogens (tertiary/aromatic N) is 1. The molecule has 35 heavy (non-hydrogen) atoms. The average molecular weight is 556 g/mol. The quantitative estimate of drug-likeness (QED) is 0.474. The summed E-state index contributed by atoms with van der Waals surface area (Å²) >= 11 is 11.8. The van der Waals surface area contributed by atoms with E-state index in [0.717, 1.165) is 10.6 Å². The molecule has 0 aromatic heterocycles. The summed E-state index contributed by atoms with van der Waals surface area (Å²) in [6.45, 7) is -0.208. The molecule has 9 nitrogen and oxygen atoms in total. The van der Waals surface area contributed by atoms with Gasteiger partial charge in [0.15, 0.2) is 6.10 Å². The zero-order valence-corrected chi connectivity index (χ0v) is 21.2. The maximum atomic E-state index is 12.8. The molecule has 184 valence electrons. The summed E-state index contributed by atoms with van der Waals surface area (Å²) < 4.78 is 59.1. The molecule has 2 N–H and O–H groups in total. The Balaban J connectivity index is 1.48. The van der Waals surface area contributed by atoms with Crippen LogP contribution < -0.4 is 19.1 Å². The molecular formula is C22H19Cl2N3O6S2. The minimum absolute atomic E-state index is 0.0577. The fraction of sp³-hybridized carbons (Fsp3) is 0.136. The third-order valence-electron chi connectivity index (χ3n) is 4.97. The number of benzene rings is 3. The van der Waals surface area contributed by atoms with Crippen molar-refractivity contribution in [1.82, 2.24) is 0 Å². The van der Waals surface area contributed by atoms with Gasteiger partial charge in [0, 0.05) is 15.7 Å². The maximum absolute atomic E-state index is 12.8.